The molecule has 0 amide bonds. The van der Waals surface area contributed by atoms with E-state index < -0.39 is 0 Å². The fourth-order valence-electron chi connectivity index (χ4n) is 3.65. The molecule has 1 heterocycles. The van der Waals surface area contributed by atoms with Gasteiger partial charge < -0.3 is 10.1 Å². The van der Waals surface area contributed by atoms with E-state index in [0.29, 0.717) is 24.1 Å². The maximum atomic E-state index is 8.62. The van der Waals surface area contributed by atoms with E-state index in [0.717, 1.165) is 45.3 Å². The number of para-hydroxylation sites is 2. The third kappa shape index (κ3) is 5.10. The predicted molar refractivity (Wildman–Crippen MR) is 132 cm³/mol. The first kappa shape index (κ1) is 22.0. The van der Waals surface area contributed by atoms with E-state index >= 15 is 0 Å². The van der Waals surface area contributed by atoms with Crippen molar-refractivity contribution in [3.8, 4) is 5.75 Å². The second-order valence-corrected chi connectivity index (χ2v) is 7.44. The molecule has 31 heavy (non-hydrogen) atoms. The molecule has 0 radical (unpaired) electrons. The van der Waals surface area contributed by atoms with Crippen LogP contribution in [0.2, 0.25) is 0 Å². The van der Waals surface area contributed by atoms with Gasteiger partial charge in [0.05, 0.1) is 24.2 Å². The van der Waals surface area contributed by atoms with Gasteiger partial charge in [-0.1, -0.05) is 61.7 Å². The number of benzene rings is 2. The Morgan fingerprint density at radius 1 is 1.13 bits per heavy atom. The van der Waals surface area contributed by atoms with Crippen molar-refractivity contribution < 1.29 is 4.74 Å². The van der Waals surface area contributed by atoms with Crippen molar-refractivity contribution in [2.75, 3.05) is 12.4 Å². The van der Waals surface area contributed by atoms with E-state index in [1.165, 1.54) is 0 Å². The lowest BCUT2D eigenvalue weighted by Crippen LogP contribution is -2.13. The number of hydrogen-bond donors (Lipinski definition) is 2. The van der Waals surface area contributed by atoms with Crippen LogP contribution in [0.15, 0.2) is 101 Å². The quantitative estimate of drug-likeness (QED) is 0.445. The van der Waals surface area contributed by atoms with Crippen molar-refractivity contribution in [1.29, 1.82) is 5.41 Å². The van der Waals surface area contributed by atoms with Gasteiger partial charge in [0.1, 0.15) is 5.75 Å². The number of nitrogens with zero attached hydrogens (tertiary/aromatic N) is 1. The molecule has 1 aliphatic rings. The molecule has 0 aromatic heterocycles. The lowest BCUT2D eigenvalue weighted by molar-refractivity contribution is 0.416. The fraction of sp³-hybridized carbons (Fsp3) is 0.185. The minimum absolute atomic E-state index is 0.391. The van der Waals surface area contributed by atoms with Crippen LogP contribution < -0.4 is 10.1 Å². The van der Waals surface area contributed by atoms with Crippen LogP contribution in [0, 0.1) is 5.41 Å². The van der Waals surface area contributed by atoms with Crippen molar-refractivity contribution in [1.82, 2.24) is 0 Å². The summed E-state index contributed by atoms with van der Waals surface area (Å²) in [6.07, 6.45) is 3.39. The van der Waals surface area contributed by atoms with Crippen molar-refractivity contribution >= 4 is 22.7 Å². The van der Waals surface area contributed by atoms with Crippen LogP contribution in [0.1, 0.15) is 32.3 Å². The molecule has 4 nitrogen and oxygen atoms in total. The van der Waals surface area contributed by atoms with Gasteiger partial charge in [-0.15, -0.1) is 0 Å². The molecule has 0 unspecified atom stereocenters. The summed E-state index contributed by atoms with van der Waals surface area (Å²) in [5.74, 6) is 0.778. The Kier molecular flexibility index (Phi) is 7.03. The zero-order valence-corrected chi connectivity index (χ0v) is 18.5. The number of rotatable bonds is 9. The third-order valence-corrected chi connectivity index (χ3v) is 5.35. The molecule has 2 aromatic carbocycles. The first-order valence-electron chi connectivity index (χ1n) is 10.3. The summed E-state index contributed by atoms with van der Waals surface area (Å²) in [4.78, 5) is 4.70. The molecule has 0 spiro atoms. The highest BCUT2D eigenvalue weighted by Gasteiger charge is 2.23. The number of nitrogens with one attached hydrogen (secondary N) is 2. The smallest absolute Gasteiger partial charge is 0.142 e. The van der Waals surface area contributed by atoms with Crippen LogP contribution >= 0.6 is 0 Å². The van der Waals surface area contributed by atoms with Gasteiger partial charge in [-0.05, 0) is 42.7 Å². The molecule has 0 saturated carbocycles. The van der Waals surface area contributed by atoms with Crippen LogP contribution in [0.5, 0.6) is 5.75 Å². The van der Waals surface area contributed by atoms with Gasteiger partial charge in [-0.2, -0.15) is 0 Å². The van der Waals surface area contributed by atoms with Gasteiger partial charge in [-0.3, -0.25) is 10.4 Å². The van der Waals surface area contributed by atoms with Crippen LogP contribution in [0.25, 0.3) is 5.57 Å². The third-order valence-electron chi connectivity index (χ3n) is 5.35. The number of hydrogen-bond acceptors (Lipinski definition) is 4. The van der Waals surface area contributed by atoms with Gasteiger partial charge in [0.15, 0.2) is 0 Å². The van der Waals surface area contributed by atoms with Crippen LogP contribution in [0.3, 0.4) is 0 Å². The number of anilines is 1. The molecular formula is C27H29N3O. The lowest BCUT2D eigenvalue weighted by atomic mass is 9.93. The Morgan fingerprint density at radius 3 is 2.48 bits per heavy atom. The Labute approximate surface area is 184 Å². The summed E-state index contributed by atoms with van der Waals surface area (Å²) in [6, 6.07) is 17.6. The van der Waals surface area contributed by atoms with E-state index in [-0.39, 0.29) is 0 Å². The second kappa shape index (κ2) is 9.90. The standard InChI is InChI=1S/C27H29N3O/c1-6-21(16-18(2)29-24-14-10-11-15-26(24)31-5)23-17-25(30-20(23)4)27(28)19(3)22-12-8-7-9-13-22/h6-15,28-29H,2-3,16-17H2,1,4-5H3/b21-6+,28-27?. The van der Waals surface area contributed by atoms with Crippen molar-refractivity contribution in [3.63, 3.8) is 0 Å². The average Bonchev–Trinajstić information content (AvgIpc) is 3.18. The summed E-state index contributed by atoms with van der Waals surface area (Å²) in [7, 11) is 1.66. The average molecular weight is 412 g/mol. The summed E-state index contributed by atoms with van der Waals surface area (Å²) in [6.45, 7) is 12.4. The van der Waals surface area contributed by atoms with E-state index in [1.807, 2.05) is 68.4 Å². The summed E-state index contributed by atoms with van der Waals surface area (Å²) >= 11 is 0. The largest absolute Gasteiger partial charge is 0.495 e. The number of aliphatic imine (C=N–C) groups is 1. The van der Waals surface area contributed by atoms with E-state index in [9.17, 15) is 0 Å². The first-order valence-corrected chi connectivity index (χ1v) is 10.3. The predicted octanol–water partition coefficient (Wildman–Crippen LogP) is 6.81. The zero-order chi connectivity index (χ0) is 22.4. The molecule has 4 heteroatoms. The van der Waals surface area contributed by atoms with Gasteiger partial charge in [-0.25, -0.2) is 0 Å². The number of ether oxygens (including phenoxy) is 1. The SMILES string of the molecule is C=C(C/C(=C\C)C1=C(C)N=C(C(=N)C(=C)c2ccccc2)C1)Nc1ccccc1OC. The molecule has 3 rings (SSSR count). The first-order chi connectivity index (χ1) is 14.9. The lowest BCUT2D eigenvalue weighted by Gasteiger charge is -2.16. The van der Waals surface area contributed by atoms with Gasteiger partial charge in [0.25, 0.3) is 0 Å². The van der Waals surface area contributed by atoms with Crippen molar-refractivity contribution in [2.24, 2.45) is 4.99 Å². The molecule has 1 aliphatic heterocycles. The van der Waals surface area contributed by atoms with Gasteiger partial charge in [0, 0.05) is 29.8 Å². The topological polar surface area (TPSA) is 57.5 Å². The normalized spacial score (nSPS) is 13.6. The highest BCUT2D eigenvalue weighted by Crippen LogP contribution is 2.33. The van der Waals surface area contributed by atoms with Crippen LogP contribution in [0.4, 0.5) is 5.69 Å². The van der Waals surface area contributed by atoms with E-state index in [1.54, 1.807) is 7.11 Å². The molecule has 0 bridgehead atoms. The van der Waals surface area contributed by atoms with Crippen LogP contribution in [-0.4, -0.2) is 18.5 Å². The summed E-state index contributed by atoms with van der Waals surface area (Å²) < 4.78 is 5.42. The fourth-order valence-corrected chi connectivity index (χ4v) is 3.65. The molecule has 158 valence electrons. The number of allylic oxidation sites excluding steroid dienone is 5. The highest BCUT2D eigenvalue weighted by molar-refractivity contribution is 6.57. The maximum absolute atomic E-state index is 8.62. The second-order valence-electron chi connectivity index (χ2n) is 7.44. The Hall–Kier alpha value is -3.66. The molecule has 2 aromatic rings. The minimum atomic E-state index is 0.391. The molecule has 2 N–H and O–H groups in total. The van der Waals surface area contributed by atoms with Crippen molar-refractivity contribution in [3.05, 3.63) is 102 Å². The van der Waals surface area contributed by atoms with E-state index in [2.05, 4.69) is 24.6 Å². The van der Waals surface area contributed by atoms with Crippen molar-refractivity contribution in [2.45, 2.75) is 26.7 Å². The zero-order valence-electron chi connectivity index (χ0n) is 18.5. The summed E-state index contributed by atoms with van der Waals surface area (Å²) in [5, 5.41) is 12.0. The highest BCUT2D eigenvalue weighted by atomic mass is 16.5. The van der Waals surface area contributed by atoms with Gasteiger partial charge in [0.2, 0.25) is 0 Å². The number of methoxy groups -OCH3 is 1. The Balaban J connectivity index is 1.68. The maximum Gasteiger partial charge on any atom is 0.142 e. The monoisotopic (exact) mass is 411 g/mol. The van der Waals surface area contributed by atoms with Gasteiger partial charge >= 0.3 is 0 Å². The van der Waals surface area contributed by atoms with Crippen LogP contribution in [-0.2, 0) is 0 Å². The molecule has 0 atom stereocenters. The molecule has 0 aliphatic carbocycles. The Bertz CT molecular complexity index is 1100. The van der Waals surface area contributed by atoms with E-state index in [4.69, 9.17) is 15.1 Å². The minimum Gasteiger partial charge on any atom is -0.495 e. The molecular weight excluding hydrogens is 382 g/mol. The molecule has 0 saturated heterocycles. The Morgan fingerprint density at radius 2 is 1.81 bits per heavy atom. The summed E-state index contributed by atoms with van der Waals surface area (Å²) in [5.41, 5.74) is 7.79. The molecule has 0 fully saturated rings.